The van der Waals surface area contributed by atoms with E-state index in [1.54, 1.807) is 18.2 Å². The molecule has 24 heavy (non-hydrogen) atoms. The van der Waals surface area contributed by atoms with Gasteiger partial charge >= 0.3 is 6.18 Å². The molecule has 122 valence electrons. The monoisotopic (exact) mass is 334 g/mol. The van der Waals surface area contributed by atoms with Gasteiger partial charge in [0, 0.05) is 12.1 Å². The average Bonchev–Trinajstić information content (AvgIpc) is 2.53. The third kappa shape index (κ3) is 3.19. The third-order valence-electron chi connectivity index (χ3n) is 3.35. The Bertz CT molecular complexity index is 975. The molecule has 0 bridgehead atoms. The van der Waals surface area contributed by atoms with Crippen LogP contribution >= 0.6 is 0 Å². The maximum Gasteiger partial charge on any atom is 0.411 e. The number of allylic oxidation sites excluding steroid dienone is 1. The lowest BCUT2D eigenvalue weighted by molar-refractivity contribution is -0.0795. The van der Waals surface area contributed by atoms with Crippen LogP contribution in [0.5, 0.6) is 0 Å². The molecular formula is C17H10F4N2O. The molecule has 0 fully saturated rings. The second-order valence-corrected chi connectivity index (χ2v) is 5.02. The van der Waals surface area contributed by atoms with E-state index in [0.717, 1.165) is 23.0 Å². The summed E-state index contributed by atoms with van der Waals surface area (Å²) in [6.07, 6.45) is -3.61. The van der Waals surface area contributed by atoms with E-state index in [2.05, 4.69) is 4.98 Å². The van der Waals surface area contributed by atoms with Gasteiger partial charge in [0.25, 0.3) is 5.56 Å². The maximum atomic E-state index is 13.2. The molecule has 0 saturated heterocycles. The fourth-order valence-corrected chi connectivity index (χ4v) is 2.32. The van der Waals surface area contributed by atoms with Gasteiger partial charge in [-0.3, -0.25) is 9.36 Å². The molecule has 3 nitrogen and oxygen atoms in total. The fraction of sp³-hybridized carbons (Fsp3) is 0.0588. The van der Waals surface area contributed by atoms with Crippen LogP contribution in [0.2, 0.25) is 0 Å². The van der Waals surface area contributed by atoms with Crippen molar-refractivity contribution in [3.05, 3.63) is 82.7 Å². The van der Waals surface area contributed by atoms with Gasteiger partial charge in [-0.15, -0.1) is 0 Å². The first kappa shape index (κ1) is 15.9. The lowest BCUT2D eigenvalue weighted by atomic mass is 10.1. The summed E-state index contributed by atoms with van der Waals surface area (Å²) in [6.45, 7) is 0. The van der Waals surface area contributed by atoms with E-state index >= 15 is 0 Å². The number of hydrogen-bond acceptors (Lipinski definition) is 2. The summed E-state index contributed by atoms with van der Waals surface area (Å²) in [5.74, 6) is -0.582. The van der Waals surface area contributed by atoms with E-state index in [1.807, 2.05) is 0 Å². The van der Waals surface area contributed by atoms with Crippen molar-refractivity contribution >= 4 is 16.6 Å². The lowest BCUT2D eigenvalue weighted by Gasteiger charge is -2.13. The van der Waals surface area contributed by atoms with Crippen LogP contribution in [-0.2, 0) is 0 Å². The Morgan fingerprint density at radius 2 is 1.79 bits per heavy atom. The Morgan fingerprint density at radius 1 is 1.08 bits per heavy atom. The fourth-order valence-electron chi connectivity index (χ4n) is 2.32. The van der Waals surface area contributed by atoms with Gasteiger partial charge in [0.05, 0.1) is 16.6 Å². The minimum Gasteiger partial charge on any atom is -0.268 e. The topological polar surface area (TPSA) is 34.9 Å². The first-order chi connectivity index (χ1) is 11.3. The molecule has 0 atom stereocenters. The third-order valence-corrected chi connectivity index (χ3v) is 3.35. The van der Waals surface area contributed by atoms with E-state index in [9.17, 15) is 22.4 Å². The van der Waals surface area contributed by atoms with E-state index in [-0.39, 0.29) is 28.2 Å². The Kier molecular flexibility index (Phi) is 3.92. The second kappa shape index (κ2) is 5.92. The summed E-state index contributed by atoms with van der Waals surface area (Å²) in [5, 5.41) is 0.0305. The Morgan fingerprint density at radius 3 is 2.46 bits per heavy atom. The first-order valence-electron chi connectivity index (χ1n) is 6.87. The number of nitrogens with zero attached hydrogens (tertiary/aromatic N) is 2. The molecule has 1 heterocycles. The first-order valence-corrected chi connectivity index (χ1v) is 6.87. The quantitative estimate of drug-likeness (QED) is 0.664. The van der Waals surface area contributed by atoms with Crippen LogP contribution in [0.4, 0.5) is 17.6 Å². The Balaban J connectivity index is 2.28. The van der Waals surface area contributed by atoms with Gasteiger partial charge in [0.1, 0.15) is 12.1 Å². The summed E-state index contributed by atoms with van der Waals surface area (Å²) in [7, 11) is 0. The standard InChI is InChI=1S/C17H10F4N2O/c18-12-6-7-13-14(8-12)22-10-23(16(13)24)15(9-17(19,20)21)11-4-2-1-3-5-11/h1-10H/b15-9-. The van der Waals surface area contributed by atoms with Crippen LogP contribution in [0.3, 0.4) is 0 Å². The molecule has 0 aliphatic rings. The van der Waals surface area contributed by atoms with Crippen molar-refractivity contribution in [2.24, 2.45) is 0 Å². The van der Waals surface area contributed by atoms with Crippen LogP contribution in [-0.4, -0.2) is 15.7 Å². The highest BCUT2D eigenvalue weighted by molar-refractivity contribution is 5.79. The number of rotatable bonds is 2. The zero-order chi connectivity index (χ0) is 17.3. The number of alkyl halides is 3. The van der Waals surface area contributed by atoms with Gasteiger partial charge in [-0.25, -0.2) is 9.37 Å². The zero-order valence-electron chi connectivity index (χ0n) is 12.1. The number of halogens is 4. The zero-order valence-corrected chi connectivity index (χ0v) is 12.1. The largest absolute Gasteiger partial charge is 0.411 e. The molecule has 0 saturated carbocycles. The van der Waals surface area contributed by atoms with Crippen LogP contribution in [0.15, 0.2) is 65.7 Å². The van der Waals surface area contributed by atoms with E-state index in [0.29, 0.717) is 0 Å². The van der Waals surface area contributed by atoms with Crippen molar-refractivity contribution in [1.82, 2.24) is 9.55 Å². The Labute approximate surface area is 133 Å². The summed E-state index contributed by atoms with van der Waals surface area (Å²) in [4.78, 5) is 16.4. The molecule has 0 unspecified atom stereocenters. The maximum absolute atomic E-state index is 13.2. The highest BCUT2D eigenvalue weighted by Crippen LogP contribution is 2.25. The molecule has 3 aromatic rings. The molecule has 3 rings (SSSR count). The van der Waals surface area contributed by atoms with Crippen LogP contribution in [0, 0.1) is 5.82 Å². The van der Waals surface area contributed by atoms with Gasteiger partial charge in [-0.1, -0.05) is 30.3 Å². The predicted molar refractivity (Wildman–Crippen MR) is 81.8 cm³/mol. The van der Waals surface area contributed by atoms with Crippen molar-refractivity contribution in [3.8, 4) is 0 Å². The SMILES string of the molecule is O=c1c2ccc(F)cc2ncn1/C(=C\C(F)(F)F)c1ccccc1. The molecule has 2 aromatic carbocycles. The van der Waals surface area contributed by atoms with Crippen molar-refractivity contribution in [1.29, 1.82) is 0 Å². The molecule has 1 aromatic heterocycles. The second-order valence-electron chi connectivity index (χ2n) is 5.02. The molecule has 0 aliphatic carbocycles. The van der Waals surface area contributed by atoms with E-state index in [1.165, 1.54) is 18.2 Å². The number of aromatic nitrogens is 2. The molecule has 0 spiro atoms. The smallest absolute Gasteiger partial charge is 0.268 e. The van der Waals surface area contributed by atoms with Gasteiger partial charge in [-0.05, 0) is 17.7 Å². The van der Waals surface area contributed by atoms with Crippen LogP contribution < -0.4 is 5.56 Å². The number of benzene rings is 2. The molecule has 0 amide bonds. The average molecular weight is 334 g/mol. The van der Waals surface area contributed by atoms with Gasteiger partial charge in [-0.2, -0.15) is 13.2 Å². The van der Waals surface area contributed by atoms with Crippen molar-refractivity contribution in [2.45, 2.75) is 6.18 Å². The highest BCUT2D eigenvalue weighted by atomic mass is 19.4. The number of fused-ring (bicyclic) bond motifs is 1. The van der Waals surface area contributed by atoms with E-state index < -0.39 is 17.6 Å². The minimum atomic E-state index is -4.62. The van der Waals surface area contributed by atoms with Crippen LogP contribution in [0.1, 0.15) is 5.56 Å². The summed E-state index contributed by atoms with van der Waals surface area (Å²) in [5.41, 5.74) is -0.776. The Hall–Kier alpha value is -2.96. The van der Waals surface area contributed by atoms with Gasteiger partial charge in [0.2, 0.25) is 0 Å². The lowest BCUT2D eigenvalue weighted by Crippen LogP contribution is -2.22. The van der Waals surface area contributed by atoms with Crippen molar-refractivity contribution in [2.75, 3.05) is 0 Å². The summed E-state index contributed by atoms with van der Waals surface area (Å²) in [6, 6.07) is 11.0. The highest BCUT2D eigenvalue weighted by Gasteiger charge is 2.26. The van der Waals surface area contributed by atoms with E-state index in [4.69, 9.17) is 0 Å². The number of hydrogen-bond donors (Lipinski definition) is 0. The summed E-state index contributed by atoms with van der Waals surface area (Å²) < 4.78 is 52.8. The minimum absolute atomic E-state index is 0.0305. The molecule has 0 N–H and O–H groups in total. The molecular weight excluding hydrogens is 324 g/mol. The predicted octanol–water partition coefficient (Wildman–Crippen LogP) is 3.99. The van der Waals surface area contributed by atoms with Crippen molar-refractivity contribution in [3.63, 3.8) is 0 Å². The van der Waals surface area contributed by atoms with Gasteiger partial charge in [0.15, 0.2) is 0 Å². The molecule has 0 aliphatic heterocycles. The molecule has 7 heteroatoms. The molecule has 0 radical (unpaired) electrons. The normalized spacial score (nSPS) is 12.6. The van der Waals surface area contributed by atoms with Crippen LogP contribution in [0.25, 0.3) is 16.6 Å². The van der Waals surface area contributed by atoms with Gasteiger partial charge < -0.3 is 0 Å². The van der Waals surface area contributed by atoms with Crippen molar-refractivity contribution < 1.29 is 17.6 Å². The summed E-state index contributed by atoms with van der Waals surface area (Å²) >= 11 is 0.